The van der Waals surface area contributed by atoms with Crippen molar-refractivity contribution in [2.75, 3.05) is 0 Å². The maximum atomic E-state index is 12.3. The van der Waals surface area contributed by atoms with Crippen molar-refractivity contribution in [1.82, 2.24) is 25.5 Å². The Bertz CT molecular complexity index is 754. The van der Waals surface area contributed by atoms with Crippen molar-refractivity contribution < 1.29 is 4.79 Å². The number of H-pyrrole nitrogens is 1. The Kier molecular flexibility index (Phi) is 4.77. The van der Waals surface area contributed by atoms with E-state index in [0.717, 1.165) is 17.1 Å². The Hall–Kier alpha value is -2.54. The summed E-state index contributed by atoms with van der Waals surface area (Å²) in [6, 6.07) is 9.36. The molecule has 2 aromatic heterocycles. The molecule has 1 aromatic carbocycles. The van der Waals surface area contributed by atoms with Crippen molar-refractivity contribution in [3.05, 3.63) is 64.1 Å². The van der Waals surface area contributed by atoms with E-state index >= 15 is 0 Å². The Balaban J connectivity index is 1.72. The molecule has 0 spiro atoms. The van der Waals surface area contributed by atoms with E-state index in [-0.39, 0.29) is 11.9 Å². The number of amides is 1. The standard InChI is InChI=1S/C16H17N5OS/c1-11-18-16(21-20-11)15(12-5-3-2-4-6-12)19-14(22)8-7-13-9-23-10-17-13/h2-6,9-10,15H,7-8H2,1H3,(H,19,22)(H,18,20,21)/t15-/m1/s1. The van der Waals surface area contributed by atoms with Crippen LogP contribution in [-0.2, 0) is 11.2 Å². The monoisotopic (exact) mass is 327 g/mol. The van der Waals surface area contributed by atoms with Gasteiger partial charge in [-0.25, -0.2) is 9.97 Å². The van der Waals surface area contributed by atoms with Crippen LogP contribution in [0.2, 0.25) is 0 Å². The Morgan fingerprint density at radius 1 is 1.35 bits per heavy atom. The highest BCUT2D eigenvalue weighted by Crippen LogP contribution is 2.19. The number of aromatic amines is 1. The van der Waals surface area contributed by atoms with E-state index in [2.05, 4.69) is 25.5 Å². The lowest BCUT2D eigenvalue weighted by Crippen LogP contribution is -2.30. The minimum Gasteiger partial charge on any atom is -0.342 e. The molecular weight excluding hydrogens is 310 g/mol. The van der Waals surface area contributed by atoms with Gasteiger partial charge in [0, 0.05) is 11.8 Å². The van der Waals surface area contributed by atoms with Gasteiger partial charge in [-0.3, -0.25) is 9.89 Å². The average Bonchev–Trinajstić information content (AvgIpc) is 3.23. The largest absolute Gasteiger partial charge is 0.342 e. The molecule has 1 atom stereocenters. The molecule has 0 saturated carbocycles. The zero-order valence-corrected chi connectivity index (χ0v) is 13.5. The Morgan fingerprint density at radius 3 is 2.83 bits per heavy atom. The number of nitrogens with zero attached hydrogens (tertiary/aromatic N) is 3. The van der Waals surface area contributed by atoms with E-state index in [9.17, 15) is 4.79 Å². The molecular formula is C16H17N5OS. The van der Waals surface area contributed by atoms with Gasteiger partial charge in [-0.15, -0.1) is 11.3 Å². The third-order valence-electron chi connectivity index (χ3n) is 3.40. The third-order valence-corrected chi connectivity index (χ3v) is 4.04. The smallest absolute Gasteiger partial charge is 0.221 e. The van der Waals surface area contributed by atoms with Crippen molar-refractivity contribution in [3.63, 3.8) is 0 Å². The van der Waals surface area contributed by atoms with Crippen LogP contribution < -0.4 is 5.32 Å². The SMILES string of the molecule is Cc1nc([C@H](NC(=O)CCc2cscn2)c2ccccc2)n[nH]1. The minimum absolute atomic E-state index is 0.0469. The van der Waals surface area contributed by atoms with Gasteiger partial charge >= 0.3 is 0 Å². The normalized spacial score (nSPS) is 12.0. The molecule has 0 aliphatic heterocycles. The number of aryl methyl sites for hydroxylation is 2. The maximum Gasteiger partial charge on any atom is 0.221 e. The van der Waals surface area contributed by atoms with Crippen LogP contribution in [0.1, 0.15) is 35.4 Å². The number of carbonyl (C=O) groups excluding carboxylic acids is 1. The summed E-state index contributed by atoms with van der Waals surface area (Å²) in [7, 11) is 0. The molecule has 3 aromatic rings. The summed E-state index contributed by atoms with van der Waals surface area (Å²) in [5.41, 5.74) is 3.67. The van der Waals surface area contributed by atoms with E-state index in [1.54, 1.807) is 5.51 Å². The lowest BCUT2D eigenvalue weighted by Gasteiger charge is -2.16. The topological polar surface area (TPSA) is 83.6 Å². The van der Waals surface area contributed by atoms with E-state index in [1.807, 2.05) is 42.6 Å². The number of hydrogen-bond acceptors (Lipinski definition) is 5. The van der Waals surface area contributed by atoms with E-state index in [1.165, 1.54) is 11.3 Å². The van der Waals surface area contributed by atoms with Gasteiger partial charge in [0.25, 0.3) is 0 Å². The van der Waals surface area contributed by atoms with E-state index in [4.69, 9.17) is 0 Å². The highest BCUT2D eigenvalue weighted by molar-refractivity contribution is 7.07. The van der Waals surface area contributed by atoms with Crippen molar-refractivity contribution in [3.8, 4) is 0 Å². The molecule has 0 unspecified atom stereocenters. The molecule has 0 aliphatic carbocycles. The first-order valence-electron chi connectivity index (χ1n) is 7.32. The lowest BCUT2D eigenvalue weighted by molar-refractivity contribution is -0.121. The predicted octanol–water partition coefficient (Wildman–Crippen LogP) is 2.41. The van der Waals surface area contributed by atoms with Gasteiger partial charge in [0.2, 0.25) is 5.91 Å². The fourth-order valence-electron chi connectivity index (χ4n) is 2.27. The summed E-state index contributed by atoms with van der Waals surface area (Å²) < 4.78 is 0. The fraction of sp³-hybridized carbons (Fsp3) is 0.250. The first-order chi connectivity index (χ1) is 11.2. The van der Waals surface area contributed by atoms with E-state index < -0.39 is 0 Å². The zero-order chi connectivity index (χ0) is 16.1. The Morgan fingerprint density at radius 2 is 2.17 bits per heavy atom. The van der Waals surface area contributed by atoms with Crippen LogP contribution in [-0.4, -0.2) is 26.1 Å². The number of nitrogens with one attached hydrogen (secondary N) is 2. The van der Waals surface area contributed by atoms with Gasteiger partial charge < -0.3 is 5.32 Å². The number of hydrogen-bond donors (Lipinski definition) is 2. The van der Waals surface area contributed by atoms with Gasteiger partial charge in [-0.05, 0) is 18.9 Å². The molecule has 23 heavy (non-hydrogen) atoms. The van der Waals surface area contributed by atoms with Gasteiger partial charge in [-0.1, -0.05) is 30.3 Å². The second kappa shape index (κ2) is 7.15. The van der Waals surface area contributed by atoms with E-state index in [0.29, 0.717) is 18.7 Å². The molecule has 3 rings (SSSR count). The van der Waals surface area contributed by atoms with Crippen LogP contribution in [0.25, 0.3) is 0 Å². The van der Waals surface area contributed by atoms with Crippen molar-refractivity contribution in [2.45, 2.75) is 25.8 Å². The quantitative estimate of drug-likeness (QED) is 0.728. The molecule has 0 radical (unpaired) electrons. The van der Waals surface area contributed by atoms with Crippen molar-refractivity contribution in [1.29, 1.82) is 0 Å². The summed E-state index contributed by atoms with van der Waals surface area (Å²) in [5.74, 6) is 1.24. The molecule has 0 fully saturated rings. The van der Waals surface area contributed by atoms with Crippen LogP contribution in [0, 0.1) is 6.92 Å². The molecule has 2 heterocycles. The summed E-state index contributed by atoms with van der Waals surface area (Å²) >= 11 is 1.53. The molecule has 2 N–H and O–H groups in total. The van der Waals surface area contributed by atoms with Crippen LogP contribution in [0.3, 0.4) is 0 Å². The minimum atomic E-state index is -0.357. The molecule has 6 nitrogen and oxygen atoms in total. The number of aromatic nitrogens is 4. The summed E-state index contributed by atoms with van der Waals surface area (Å²) in [6.07, 6.45) is 1.01. The Labute approximate surface area is 138 Å². The molecule has 118 valence electrons. The number of carbonyl (C=O) groups is 1. The summed E-state index contributed by atoms with van der Waals surface area (Å²) in [5, 5.41) is 12.0. The third kappa shape index (κ3) is 4.01. The number of benzene rings is 1. The summed E-state index contributed by atoms with van der Waals surface area (Å²) in [4.78, 5) is 20.9. The lowest BCUT2D eigenvalue weighted by atomic mass is 10.1. The highest BCUT2D eigenvalue weighted by atomic mass is 32.1. The predicted molar refractivity (Wildman–Crippen MR) is 88.0 cm³/mol. The molecule has 0 bridgehead atoms. The first kappa shape index (κ1) is 15.4. The highest BCUT2D eigenvalue weighted by Gasteiger charge is 2.20. The second-order valence-electron chi connectivity index (χ2n) is 5.17. The number of rotatable bonds is 6. The average molecular weight is 327 g/mol. The van der Waals surface area contributed by atoms with Crippen molar-refractivity contribution >= 4 is 17.2 Å². The zero-order valence-electron chi connectivity index (χ0n) is 12.7. The van der Waals surface area contributed by atoms with Crippen LogP contribution in [0.4, 0.5) is 0 Å². The van der Waals surface area contributed by atoms with Gasteiger partial charge in [0.15, 0.2) is 5.82 Å². The molecule has 0 saturated heterocycles. The van der Waals surface area contributed by atoms with Crippen LogP contribution in [0.15, 0.2) is 41.2 Å². The van der Waals surface area contributed by atoms with Crippen LogP contribution in [0.5, 0.6) is 0 Å². The van der Waals surface area contributed by atoms with Crippen LogP contribution >= 0.6 is 11.3 Å². The maximum absolute atomic E-state index is 12.3. The van der Waals surface area contributed by atoms with Gasteiger partial charge in [0.1, 0.15) is 11.9 Å². The molecule has 1 amide bonds. The van der Waals surface area contributed by atoms with Crippen molar-refractivity contribution in [2.24, 2.45) is 0 Å². The first-order valence-corrected chi connectivity index (χ1v) is 8.27. The second-order valence-corrected chi connectivity index (χ2v) is 5.89. The molecule has 7 heteroatoms. The van der Waals surface area contributed by atoms with Gasteiger partial charge in [0.05, 0.1) is 11.2 Å². The molecule has 0 aliphatic rings. The summed E-state index contributed by atoms with van der Waals surface area (Å²) in [6.45, 7) is 1.84. The van der Waals surface area contributed by atoms with Gasteiger partial charge in [-0.2, -0.15) is 5.10 Å². The fourth-order valence-corrected chi connectivity index (χ4v) is 2.86. The number of thiazole rings is 1.